The molecule has 0 fully saturated rings. The van der Waals surface area contributed by atoms with Crippen molar-refractivity contribution in [2.45, 2.75) is 0 Å². The Morgan fingerprint density at radius 2 is 0.625 bits per heavy atom. The summed E-state index contributed by atoms with van der Waals surface area (Å²) >= 11 is 0. The number of benzene rings is 9. The van der Waals surface area contributed by atoms with E-state index in [2.05, 4.69) is 244 Å². The van der Waals surface area contributed by atoms with Gasteiger partial charge in [0.1, 0.15) is 0 Å². The number of aromatic nitrogens is 4. The minimum absolute atomic E-state index is 1.02. The lowest BCUT2D eigenvalue weighted by atomic mass is 10.1. The van der Waals surface area contributed by atoms with E-state index in [1.165, 1.54) is 64.4 Å². The van der Waals surface area contributed by atoms with Gasteiger partial charge in [0.2, 0.25) is 0 Å². The third kappa shape index (κ3) is 5.31. The molecule has 0 spiro atoms. The maximum Gasteiger partial charge on any atom is 0.179 e. The van der Waals surface area contributed by atoms with Gasteiger partial charge in [0.15, 0.2) is 8.07 Å². The van der Waals surface area contributed by atoms with Crippen molar-refractivity contribution in [1.29, 1.82) is 0 Å². The third-order valence-corrected chi connectivity index (χ3v) is 18.2. The molecule has 0 aliphatic carbocycles. The van der Waals surface area contributed by atoms with Crippen molar-refractivity contribution < 1.29 is 0 Å². The van der Waals surface area contributed by atoms with Crippen LogP contribution in [0.3, 0.4) is 0 Å². The lowest BCUT2D eigenvalue weighted by Crippen LogP contribution is -2.74. The molecule has 0 amide bonds. The molecule has 13 rings (SSSR count). The Morgan fingerprint density at radius 3 is 1.14 bits per heavy atom. The molecule has 4 aromatic heterocycles. The predicted molar refractivity (Wildman–Crippen MR) is 271 cm³/mol. The molecular weight excluding hydrogens is 793 g/mol. The van der Waals surface area contributed by atoms with Crippen molar-refractivity contribution in [3.63, 3.8) is 0 Å². The van der Waals surface area contributed by atoms with Gasteiger partial charge in [-0.1, -0.05) is 158 Å². The summed E-state index contributed by atoms with van der Waals surface area (Å²) in [4.78, 5) is 4.80. The van der Waals surface area contributed by atoms with Crippen LogP contribution < -0.4 is 20.7 Å². The molecule has 0 N–H and O–H groups in total. The molecule has 0 aliphatic heterocycles. The number of pyridine rings is 1. The zero-order chi connectivity index (χ0) is 42.2. The Hall–Kier alpha value is -8.25. The summed E-state index contributed by atoms with van der Waals surface area (Å²) in [6, 6.07) is 87.2. The molecule has 13 aromatic rings. The van der Waals surface area contributed by atoms with Gasteiger partial charge in [0.25, 0.3) is 0 Å². The average Bonchev–Trinajstić information content (AvgIpc) is 4.01. The highest BCUT2D eigenvalue weighted by atomic mass is 28.3. The van der Waals surface area contributed by atoms with Crippen molar-refractivity contribution in [2.24, 2.45) is 0 Å². The maximum absolute atomic E-state index is 4.80. The van der Waals surface area contributed by atoms with Gasteiger partial charge in [0.05, 0.1) is 38.6 Å². The summed E-state index contributed by atoms with van der Waals surface area (Å²) in [7, 11) is -2.66. The van der Waals surface area contributed by atoms with E-state index in [-0.39, 0.29) is 0 Å². The lowest BCUT2D eigenvalue weighted by molar-refractivity contribution is 1.16. The summed E-state index contributed by atoms with van der Waals surface area (Å²) in [6.07, 6.45) is 1.89. The largest absolute Gasteiger partial charge is 0.309 e. The normalized spacial score (nSPS) is 12.1. The molecule has 64 heavy (non-hydrogen) atoms. The summed E-state index contributed by atoms with van der Waals surface area (Å²) in [5.74, 6) is 0. The van der Waals surface area contributed by atoms with Gasteiger partial charge in [0, 0.05) is 50.2 Å². The van der Waals surface area contributed by atoms with Gasteiger partial charge in [-0.15, -0.1) is 0 Å². The molecular formula is C59H40N4Si. The fourth-order valence-electron chi connectivity index (χ4n) is 10.7. The van der Waals surface area contributed by atoms with Gasteiger partial charge in [-0.2, -0.15) is 0 Å². The second kappa shape index (κ2) is 14.4. The Bertz CT molecular complexity index is 3730. The smallest absolute Gasteiger partial charge is 0.179 e. The zero-order valence-electron chi connectivity index (χ0n) is 34.9. The molecule has 5 heteroatoms. The Labute approximate surface area is 371 Å². The summed E-state index contributed by atoms with van der Waals surface area (Å²) < 4.78 is 7.22. The lowest BCUT2D eigenvalue weighted by Gasteiger charge is -2.34. The summed E-state index contributed by atoms with van der Waals surface area (Å²) in [5.41, 5.74) is 11.4. The molecule has 4 nitrogen and oxygen atoms in total. The van der Waals surface area contributed by atoms with Crippen LogP contribution in [0.5, 0.6) is 0 Å². The highest BCUT2D eigenvalue weighted by molar-refractivity contribution is 7.19. The van der Waals surface area contributed by atoms with E-state index in [9.17, 15) is 0 Å². The number of nitrogens with zero attached hydrogens (tertiary/aromatic N) is 4. The van der Waals surface area contributed by atoms with Crippen LogP contribution >= 0.6 is 0 Å². The van der Waals surface area contributed by atoms with Gasteiger partial charge in [-0.05, 0) is 99.6 Å². The molecule has 0 bridgehead atoms. The number of hydrogen-bond acceptors (Lipinski definition) is 1. The Balaban J connectivity index is 0.974. The second-order valence-electron chi connectivity index (χ2n) is 16.7. The number of rotatable bonds is 7. The van der Waals surface area contributed by atoms with E-state index in [1.807, 2.05) is 12.3 Å². The second-order valence-corrected chi connectivity index (χ2v) is 20.5. The summed E-state index contributed by atoms with van der Waals surface area (Å²) in [6.45, 7) is 0. The first kappa shape index (κ1) is 36.4. The quantitative estimate of drug-likeness (QED) is 0.116. The first-order chi connectivity index (χ1) is 31.8. The number of fused-ring (bicyclic) bond motifs is 9. The zero-order valence-corrected chi connectivity index (χ0v) is 35.9. The fraction of sp³-hybridized carbons (Fsp3) is 0. The first-order valence-electron chi connectivity index (χ1n) is 22.0. The van der Waals surface area contributed by atoms with E-state index in [0.717, 1.165) is 39.0 Å². The van der Waals surface area contributed by atoms with Crippen LogP contribution in [0, 0.1) is 0 Å². The van der Waals surface area contributed by atoms with Gasteiger partial charge in [-0.25, -0.2) is 0 Å². The Kier molecular flexibility index (Phi) is 8.20. The summed E-state index contributed by atoms with van der Waals surface area (Å²) in [5, 5.41) is 11.5. The van der Waals surface area contributed by atoms with E-state index in [0.29, 0.717) is 0 Å². The fourth-order valence-corrected chi connectivity index (χ4v) is 15.5. The Morgan fingerprint density at radius 1 is 0.266 bits per heavy atom. The van der Waals surface area contributed by atoms with Crippen LogP contribution in [-0.2, 0) is 0 Å². The first-order valence-corrected chi connectivity index (χ1v) is 24.0. The van der Waals surface area contributed by atoms with Crippen LogP contribution in [0.1, 0.15) is 0 Å². The average molecular weight is 833 g/mol. The maximum atomic E-state index is 4.80. The number of para-hydroxylation sites is 3. The van der Waals surface area contributed by atoms with Crippen molar-refractivity contribution in [3.05, 3.63) is 243 Å². The molecule has 0 radical (unpaired) electrons. The SMILES string of the molecule is c1ccc([Si](c2ccccc2)(c2ccccc2)c2ccc(-n3c4ccccc4c4cc(-n5c6ccccc6c6cc(-n7c8ccccc8c8ncccc87)ccc65)ccc43)cc2)cc1. The van der Waals surface area contributed by atoms with Crippen molar-refractivity contribution in [3.8, 4) is 17.1 Å². The van der Waals surface area contributed by atoms with Gasteiger partial charge < -0.3 is 13.7 Å². The van der Waals surface area contributed by atoms with E-state index in [4.69, 9.17) is 4.98 Å². The van der Waals surface area contributed by atoms with Crippen LogP contribution in [0.2, 0.25) is 0 Å². The molecule has 0 saturated carbocycles. The molecule has 300 valence electrons. The molecule has 0 atom stereocenters. The van der Waals surface area contributed by atoms with Crippen LogP contribution in [0.25, 0.3) is 82.6 Å². The molecule has 9 aromatic carbocycles. The highest BCUT2D eigenvalue weighted by Crippen LogP contribution is 2.39. The molecule has 0 saturated heterocycles. The molecule has 4 heterocycles. The van der Waals surface area contributed by atoms with Gasteiger partial charge in [-0.3, -0.25) is 4.98 Å². The van der Waals surface area contributed by atoms with Gasteiger partial charge >= 0.3 is 0 Å². The molecule has 0 aliphatic rings. The standard InChI is InChI=1S/C59H40N4Si/c1-4-17-44(18-5-1)64(45-19-6-2-7-20-45,46-21-8-3-9-22-46)47-34-30-41(31-35-47)61-53-26-13-10-23-48(53)51-39-42(32-36-56(51)61)62-54-27-14-11-24-49(54)52-40-43(33-37-57(52)62)63-55-28-15-12-25-50(55)59-58(63)29-16-38-60-59/h1-40H. The minimum atomic E-state index is -2.66. The monoisotopic (exact) mass is 832 g/mol. The topological polar surface area (TPSA) is 27.7 Å². The highest BCUT2D eigenvalue weighted by Gasteiger charge is 2.41. The van der Waals surface area contributed by atoms with E-state index < -0.39 is 8.07 Å². The number of hydrogen-bond donors (Lipinski definition) is 0. The van der Waals surface area contributed by atoms with Crippen LogP contribution in [0.4, 0.5) is 0 Å². The van der Waals surface area contributed by atoms with E-state index >= 15 is 0 Å². The van der Waals surface area contributed by atoms with Crippen molar-refractivity contribution in [1.82, 2.24) is 18.7 Å². The van der Waals surface area contributed by atoms with E-state index in [1.54, 1.807) is 0 Å². The van der Waals surface area contributed by atoms with Crippen LogP contribution in [0.15, 0.2) is 243 Å². The van der Waals surface area contributed by atoms with Crippen molar-refractivity contribution >= 4 is 94.4 Å². The molecule has 0 unspecified atom stereocenters. The van der Waals surface area contributed by atoms with Crippen molar-refractivity contribution in [2.75, 3.05) is 0 Å². The van der Waals surface area contributed by atoms with Crippen LogP contribution in [-0.4, -0.2) is 26.8 Å². The third-order valence-electron chi connectivity index (χ3n) is 13.4. The minimum Gasteiger partial charge on any atom is -0.309 e. The predicted octanol–water partition coefficient (Wildman–Crippen LogP) is 11.8.